The Hall–Kier alpha value is -2.82. The summed E-state index contributed by atoms with van der Waals surface area (Å²) in [5.74, 6) is 2.03. The summed E-state index contributed by atoms with van der Waals surface area (Å²) in [5, 5.41) is 0. The number of para-hydroxylation sites is 3. The number of amides is 1. The lowest BCUT2D eigenvalue weighted by molar-refractivity contribution is -0.132. The molecule has 1 fully saturated rings. The molecule has 5 heteroatoms. The van der Waals surface area contributed by atoms with Crippen LogP contribution < -0.4 is 4.74 Å². The minimum Gasteiger partial charge on any atom is -0.493 e. The van der Waals surface area contributed by atoms with Gasteiger partial charge in [0.2, 0.25) is 5.91 Å². The molecule has 0 N–H and O–H groups in total. The Morgan fingerprint density at radius 3 is 2.58 bits per heavy atom. The molecule has 1 aliphatic rings. The molecule has 0 bridgehead atoms. The monoisotopic (exact) mass is 350 g/mol. The van der Waals surface area contributed by atoms with E-state index in [1.54, 1.807) is 0 Å². The summed E-state index contributed by atoms with van der Waals surface area (Å²) in [5.41, 5.74) is 1.73. The Kier molecular flexibility index (Phi) is 4.86. The van der Waals surface area contributed by atoms with Gasteiger partial charge < -0.3 is 14.1 Å². The number of ether oxygens (including phenoxy) is 1. The number of nitrogens with zero attached hydrogens (tertiary/aromatic N) is 2. The molecule has 1 aromatic heterocycles. The van der Waals surface area contributed by atoms with Gasteiger partial charge in [-0.2, -0.15) is 0 Å². The van der Waals surface area contributed by atoms with Crippen molar-refractivity contribution in [3.63, 3.8) is 0 Å². The third-order valence-corrected chi connectivity index (χ3v) is 4.84. The van der Waals surface area contributed by atoms with E-state index in [2.05, 4.69) is 4.98 Å². The zero-order valence-corrected chi connectivity index (χ0v) is 14.6. The van der Waals surface area contributed by atoms with Crippen molar-refractivity contribution < 1.29 is 13.9 Å². The zero-order chi connectivity index (χ0) is 17.8. The molecule has 2 heterocycles. The third kappa shape index (κ3) is 3.72. The number of aromatic nitrogens is 1. The van der Waals surface area contributed by atoms with Crippen LogP contribution in [0, 0.1) is 0 Å². The fraction of sp³-hybridized carbons (Fsp3) is 0.333. The van der Waals surface area contributed by atoms with E-state index < -0.39 is 0 Å². The lowest BCUT2D eigenvalue weighted by Crippen LogP contribution is -2.38. The molecule has 1 amide bonds. The van der Waals surface area contributed by atoms with Gasteiger partial charge in [-0.25, -0.2) is 4.98 Å². The second kappa shape index (κ2) is 7.60. The van der Waals surface area contributed by atoms with E-state index in [9.17, 15) is 4.79 Å². The number of hydrogen-bond donors (Lipinski definition) is 0. The first kappa shape index (κ1) is 16.6. The number of carbonyl (C=O) groups excluding carboxylic acids is 1. The molecule has 134 valence electrons. The van der Waals surface area contributed by atoms with Crippen LogP contribution in [0.4, 0.5) is 0 Å². The van der Waals surface area contributed by atoms with Crippen molar-refractivity contribution in [3.05, 3.63) is 60.5 Å². The zero-order valence-electron chi connectivity index (χ0n) is 14.6. The van der Waals surface area contributed by atoms with Crippen molar-refractivity contribution in [2.24, 2.45) is 0 Å². The average Bonchev–Trinajstić information content (AvgIpc) is 3.13. The topological polar surface area (TPSA) is 55.6 Å². The summed E-state index contributed by atoms with van der Waals surface area (Å²) < 4.78 is 11.5. The van der Waals surface area contributed by atoms with Crippen LogP contribution in [0.3, 0.4) is 0 Å². The minimum absolute atomic E-state index is 0.150. The first-order valence-electron chi connectivity index (χ1n) is 9.11. The number of benzene rings is 2. The van der Waals surface area contributed by atoms with E-state index in [0.717, 1.165) is 48.7 Å². The maximum absolute atomic E-state index is 12.4. The smallest absolute Gasteiger partial charge is 0.225 e. The standard InChI is InChI=1S/C21H22N2O3/c24-20(12-15-25-17-6-2-1-3-7-17)23-13-10-16(11-14-23)21-22-18-8-4-5-9-19(18)26-21/h1-9,16H,10-15H2. The number of carbonyl (C=O) groups is 1. The van der Waals surface area contributed by atoms with E-state index in [-0.39, 0.29) is 11.8 Å². The molecular weight excluding hydrogens is 328 g/mol. The molecule has 0 aliphatic carbocycles. The van der Waals surface area contributed by atoms with Gasteiger partial charge in [-0.05, 0) is 37.1 Å². The quantitative estimate of drug-likeness (QED) is 0.698. The van der Waals surface area contributed by atoms with Gasteiger partial charge in [0, 0.05) is 19.0 Å². The molecule has 2 aromatic carbocycles. The molecule has 0 saturated carbocycles. The summed E-state index contributed by atoms with van der Waals surface area (Å²) in [6.45, 7) is 1.90. The molecule has 1 saturated heterocycles. The Morgan fingerprint density at radius 1 is 1.08 bits per heavy atom. The van der Waals surface area contributed by atoms with E-state index in [4.69, 9.17) is 9.15 Å². The van der Waals surface area contributed by atoms with Crippen molar-refractivity contribution in [1.29, 1.82) is 0 Å². The van der Waals surface area contributed by atoms with Gasteiger partial charge in [0.05, 0.1) is 13.0 Å². The molecule has 3 aromatic rings. The van der Waals surface area contributed by atoms with E-state index in [1.165, 1.54) is 0 Å². The highest BCUT2D eigenvalue weighted by molar-refractivity contribution is 5.76. The number of rotatable bonds is 5. The number of fused-ring (bicyclic) bond motifs is 1. The Morgan fingerprint density at radius 2 is 1.81 bits per heavy atom. The Balaban J connectivity index is 1.27. The third-order valence-electron chi connectivity index (χ3n) is 4.84. The van der Waals surface area contributed by atoms with Gasteiger partial charge in [-0.15, -0.1) is 0 Å². The first-order chi connectivity index (χ1) is 12.8. The summed E-state index contributed by atoms with van der Waals surface area (Å²) in [6, 6.07) is 17.4. The molecule has 26 heavy (non-hydrogen) atoms. The van der Waals surface area contributed by atoms with Gasteiger partial charge in [-0.3, -0.25) is 4.79 Å². The van der Waals surface area contributed by atoms with Crippen molar-refractivity contribution >= 4 is 17.0 Å². The lowest BCUT2D eigenvalue weighted by Gasteiger charge is -2.30. The molecule has 0 unspecified atom stereocenters. The summed E-state index contributed by atoms with van der Waals surface area (Å²) in [4.78, 5) is 18.9. The highest BCUT2D eigenvalue weighted by Crippen LogP contribution is 2.30. The summed E-state index contributed by atoms with van der Waals surface area (Å²) >= 11 is 0. The van der Waals surface area contributed by atoms with Crippen LogP contribution in [-0.4, -0.2) is 35.5 Å². The highest BCUT2D eigenvalue weighted by atomic mass is 16.5. The van der Waals surface area contributed by atoms with Crippen LogP contribution in [-0.2, 0) is 4.79 Å². The van der Waals surface area contributed by atoms with Gasteiger partial charge in [0.15, 0.2) is 11.5 Å². The molecule has 0 spiro atoms. The van der Waals surface area contributed by atoms with Crippen molar-refractivity contribution in [2.75, 3.05) is 19.7 Å². The summed E-state index contributed by atoms with van der Waals surface area (Å²) in [7, 11) is 0. The van der Waals surface area contributed by atoms with Crippen LogP contribution in [0.25, 0.3) is 11.1 Å². The molecule has 5 nitrogen and oxygen atoms in total. The molecule has 4 rings (SSSR count). The molecule has 0 atom stereocenters. The van der Waals surface area contributed by atoms with Crippen LogP contribution in [0.2, 0.25) is 0 Å². The molecule has 0 radical (unpaired) electrons. The highest BCUT2D eigenvalue weighted by Gasteiger charge is 2.26. The SMILES string of the molecule is O=C(CCOc1ccccc1)N1CCC(c2nc3ccccc3o2)CC1. The predicted octanol–water partition coefficient (Wildman–Crippen LogP) is 4.00. The number of oxazole rings is 1. The fourth-order valence-corrected chi connectivity index (χ4v) is 3.37. The maximum atomic E-state index is 12.4. The Bertz CT molecular complexity index is 834. The van der Waals surface area contributed by atoms with Crippen molar-refractivity contribution in [2.45, 2.75) is 25.2 Å². The van der Waals surface area contributed by atoms with Gasteiger partial charge >= 0.3 is 0 Å². The fourth-order valence-electron chi connectivity index (χ4n) is 3.37. The molecular formula is C21H22N2O3. The van der Waals surface area contributed by atoms with Crippen molar-refractivity contribution in [1.82, 2.24) is 9.88 Å². The second-order valence-corrected chi connectivity index (χ2v) is 6.59. The van der Waals surface area contributed by atoms with Crippen LogP contribution in [0.1, 0.15) is 31.1 Å². The normalized spacial score (nSPS) is 15.3. The average molecular weight is 350 g/mol. The predicted molar refractivity (Wildman–Crippen MR) is 99.1 cm³/mol. The largest absolute Gasteiger partial charge is 0.493 e. The second-order valence-electron chi connectivity index (χ2n) is 6.59. The van der Waals surface area contributed by atoms with E-state index in [0.29, 0.717) is 13.0 Å². The van der Waals surface area contributed by atoms with Gasteiger partial charge in [-0.1, -0.05) is 30.3 Å². The van der Waals surface area contributed by atoms with Crippen LogP contribution >= 0.6 is 0 Å². The van der Waals surface area contributed by atoms with E-state index in [1.807, 2.05) is 59.5 Å². The summed E-state index contributed by atoms with van der Waals surface area (Å²) in [6.07, 6.45) is 2.18. The number of likely N-dealkylation sites (tertiary alicyclic amines) is 1. The molecule has 1 aliphatic heterocycles. The first-order valence-corrected chi connectivity index (χ1v) is 9.11. The van der Waals surface area contributed by atoms with Crippen LogP contribution in [0.15, 0.2) is 59.0 Å². The van der Waals surface area contributed by atoms with E-state index >= 15 is 0 Å². The minimum atomic E-state index is 0.150. The van der Waals surface area contributed by atoms with Crippen LogP contribution in [0.5, 0.6) is 5.75 Å². The number of piperidine rings is 1. The lowest BCUT2D eigenvalue weighted by atomic mass is 9.96. The van der Waals surface area contributed by atoms with Crippen molar-refractivity contribution in [3.8, 4) is 5.75 Å². The number of hydrogen-bond acceptors (Lipinski definition) is 4. The Labute approximate surface area is 152 Å². The van der Waals surface area contributed by atoms with Gasteiger partial charge in [0.25, 0.3) is 0 Å². The van der Waals surface area contributed by atoms with Gasteiger partial charge in [0.1, 0.15) is 11.3 Å². The maximum Gasteiger partial charge on any atom is 0.225 e.